The van der Waals surface area contributed by atoms with Crippen LogP contribution >= 0.6 is 0 Å². The lowest BCUT2D eigenvalue weighted by Crippen LogP contribution is -2.40. The summed E-state index contributed by atoms with van der Waals surface area (Å²) in [5.74, 6) is 0.789. The average molecular weight is 247 g/mol. The van der Waals surface area contributed by atoms with Gasteiger partial charge in [-0.15, -0.1) is 0 Å². The van der Waals surface area contributed by atoms with Crippen LogP contribution in [0, 0.1) is 0 Å². The van der Waals surface area contributed by atoms with Gasteiger partial charge in [-0.3, -0.25) is 0 Å². The Balaban J connectivity index is 1.52. The van der Waals surface area contributed by atoms with Crippen LogP contribution in [0.1, 0.15) is 43.6 Å². The fourth-order valence-corrected chi connectivity index (χ4v) is 2.64. The first-order valence-corrected chi connectivity index (χ1v) is 7.17. The first-order chi connectivity index (χ1) is 8.90. The molecule has 0 heterocycles. The minimum Gasteiger partial charge on any atom is -0.385 e. The summed E-state index contributed by atoms with van der Waals surface area (Å²) in [5, 5.41) is 3.65. The molecule has 100 valence electrons. The van der Waals surface area contributed by atoms with E-state index in [1.807, 2.05) is 0 Å². The van der Waals surface area contributed by atoms with E-state index in [0.717, 1.165) is 25.1 Å². The molecule has 0 spiro atoms. The average Bonchev–Trinajstić information content (AvgIpc) is 2.36. The molecule has 1 aliphatic carbocycles. The fraction of sp³-hybridized carbons (Fsp3) is 0.625. The Morgan fingerprint density at radius 2 is 1.89 bits per heavy atom. The van der Waals surface area contributed by atoms with E-state index in [-0.39, 0.29) is 0 Å². The summed E-state index contributed by atoms with van der Waals surface area (Å²) < 4.78 is 5.04. The molecule has 0 amide bonds. The first kappa shape index (κ1) is 13.6. The number of methoxy groups -OCH3 is 1. The van der Waals surface area contributed by atoms with Crippen LogP contribution in [0.2, 0.25) is 0 Å². The highest BCUT2D eigenvalue weighted by molar-refractivity contribution is 5.22. The van der Waals surface area contributed by atoms with E-state index in [2.05, 4.69) is 35.6 Å². The van der Waals surface area contributed by atoms with E-state index in [9.17, 15) is 0 Å². The van der Waals surface area contributed by atoms with Gasteiger partial charge in [-0.25, -0.2) is 0 Å². The number of benzene rings is 1. The number of nitrogens with one attached hydrogen (secondary N) is 1. The summed E-state index contributed by atoms with van der Waals surface area (Å²) >= 11 is 0. The zero-order chi connectivity index (χ0) is 12.6. The Labute approximate surface area is 111 Å². The van der Waals surface area contributed by atoms with Crippen LogP contribution < -0.4 is 5.32 Å². The largest absolute Gasteiger partial charge is 0.385 e. The van der Waals surface area contributed by atoms with Gasteiger partial charge in [-0.2, -0.15) is 0 Å². The topological polar surface area (TPSA) is 21.3 Å². The van der Waals surface area contributed by atoms with Crippen molar-refractivity contribution in [3.63, 3.8) is 0 Å². The first-order valence-electron chi connectivity index (χ1n) is 7.17. The molecule has 2 nitrogen and oxygen atoms in total. The summed E-state index contributed by atoms with van der Waals surface area (Å²) in [5.41, 5.74) is 1.51. The van der Waals surface area contributed by atoms with Crippen LogP contribution in [0.4, 0.5) is 0 Å². The molecule has 1 aromatic carbocycles. The molecule has 1 fully saturated rings. The normalized spacial score (nSPS) is 22.7. The third-order valence-corrected chi connectivity index (χ3v) is 3.87. The minimum absolute atomic E-state index is 0.748. The zero-order valence-corrected chi connectivity index (χ0v) is 11.4. The van der Waals surface area contributed by atoms with Gasteiger partial charge in [0.15, 0.2) is 0 Å². The molecule has 1 aliphatic rings. The number of ether oxygens (including phenoxy) is 1. The van der Waals surface area contributed by atoms with Crippen molar-refractivity contribution in [3.8, 4) is 0 Å². The van der Waals surface area contributed by atoms with Crippen LogP contribution in [0.5, 0.6) is 0 Å². The maximum Gasteiger partial charge on any atom is 0.0462 e. The monoisotopic (exact) mass is 247 g/mol. The summed E-state index contributed by atoms with van der Waals surface area (Å²) in [4.78, 5) is 0. The summed E-state index contributed by atoms with van der Waals surface area (Å²) in [6.07, 6.45) is 6.35. The highest BCUT2D eigenvalue weighted by atomic mass is 16.5. The summed E-state index contributed by atoms with van der Waals surface area (Å²) in [7, 11) is 1.77. The van der Waals surface area contributed by atoms with E-state index >= 15 is 0 Å². The van der Waals surface area contributed by atoms with Crippen LogP contribution in [-0.2, 0) is 4.74 Å². The van der Waals surface area contributed by atoms with Crippen LogP contribution in [0.15, 0.2) is 30.3 Å². The van der Waals surface area contributed by atoms with Gasteiger partial charge in [0.1, 0.15) is 0 Å². The van der Waals surface area contributed by atoms with Crippen molar-refractivity contribution in [1.29, 1.82) is 0 Å². The van der Waals surface area contributed by atoms with Gasteiger partial charge in [0.2, 0.25) is 0 Å². The lowest BCUT2D eigenvalue weighted by molar-refractivity contribution is 0.191. The van der Waals surface area contributed by atoms with E-state index in [1.165, 1.54) is 37.7 Å². The lowest BCUT2D eigenvalue weighted by atomic mass is 9.76. The minimum atomic E-state index is 0.748. The molecule has 0 unspecified atom stereocenters. The Bertz CT molecular complexity index is 319. The van der Waals surface area contributed by atoms with Crippen LogP contribution in [0.25, 0.3) is 0 Å². The Hall–Kier alpha value is -0.860. The van der Waals surface area contributed by atoms with Gasteiger partial charge in [0.05, 0.1) is 0 Å². The number of rotatable bonds is 8. The second-order valence-corrected chi connectivity index (χ2v) is 5.28. The van der Waals surface area contributed by atoms with Crippen molar-refractivity contribution < 1.29 is 4.74 Å². The van der Waals surface area contributed by atoms with E-state index < -0.39 is 0 Å². The number of hydrogen-bond acceptors (Lipinski definition) is 2. The van der Waals surface area contributed by atoms with Gasteiger partial charge in [-0.05, 0) is 50.1 Å². The lowest BCUT2D eigenvalue weighted by Gasteiger charge is -2.36. The molecule has 18 heavy (non-hydrogen) atoms. The van der Waals surface area contributed by atoms with E-state index in [1.54, 1.807) is 7.11 Å². The molecule has 1 aromatic rings. The van der Waals surface area contributed by atoms with Crippen molar-refractivity contribution >= 4 is 0 Å². The fourth-order valence-electron chi connectivity index (χ4n) is 2.64. The Morgan fingerprint density at radius 1 is 1.11 bits per heavy atom. The second-order valence-electron chi connectivity index (χ2n) is 5.28. The van der Waals surface area contributed by atoms with Crippen molar-refractivity contribution in [2.75, 3.05) is 20.3 Å². The predicted octanol–water partition coefficient (Wildman–Crippen LogP) is 3.34. The smallest absolute Gasteiger partial charge is 0.0462 e. The van der Waals surface area contributed by atoms with Crippen LogP contribution in [0.3, 0.4) is 0 Å². The summed E-state index contributed by atoms with van der Waals surface area (Å²) in [6, 6.07) is 11.6. The molecule has 2 heteroatoms. The van der Waals surface area contributed by atoms with E-state index in [0.29, 0.717) is 0 Å². The SMILES string of the molecule is COCCCCCNC1CC(c2ccccc2)C1. The Kier molecular flexibility index (Phi) is 5.69. The Morgan fingerprint density at radius 3 is 2.61 bits per heavy atom. The summed E-state index contributed by atoms with van der Waals surface area (Å²) in [6.45, 7) is 2.06. The van der Waals surface area contributed by atoms with Crippen LogP contribution in [-0.4, -0.2) is 26.3 Å². The van der Waals surface area contributed by atoms with Crippen molar-refractivity contribution in [3.05, 3.63) is 35.9 Å². The van der Waals surface area contributed by atoms with Gasteiger partial charge < -0.3 is 10.1 Å². The molecule has 1 saturated carbocycles. The molecule has 0 atom stereocenters. The molecule has 2 rings (SSSR count). The molecule has 0 aromatic heterocycles. The predicted molar refractivity (Wildman–Crippen MR) is 75.9 cm³/mol. The quantitative estimate of drug-likeness (QED) is 0.711. The molecule has 0 radical (unpaired) electrons. The standard InChI is InChI=1S/C16H25NO/c1-18-11-7-3-6-10-17-16-12-15(13-16)14-8-4-2-5-9-14/h2,4-5,8-9,15-17H,3,6-7,10-13H2,1H3. The van der Waals surface area contributed by atoms with Gasteiger partial charge >= 0.3 is 0 Å². The van der Waals surface area contributed by atoms with Gasteiger partial charge in [0.25, 0.3) is 0 Å². The molecular weight excluding hydrogens is 222 g/mol. The van der Waals surface area contributed by atoms with Gasteiger partial charge in [-0.1, -0.05) is 30.3 Å². The highest BCUT2D eigenvalue weighted by Crippen LogP contribution is 2.36. The maximum absolute atomic E-state index is 5.04. The molecule has 0 aliphatic heterocycles. The molecule has 1 N–H and O–H groups in total. The number of unbranched alkanes of at least 4 members (excludes halogenated alkanes) is 2. The number of hydrogen-bond donors (Lipinski definition) is 1. The zero-order valence-electron chi connectivity index (χ0n) is 11.4. The molecule has 0 bridgehead atoms. The third kappa shape index (κ3) is 4.11. The maximum atomic E-state index is 5.04. The highest BCUT2D eigenvalue weighted by Gasteiger charge is 2.29. The van der Waals surface area contributed by atoms with Crippen molar-refractivity contribution in [2.45, 2.75) is 44.1 Å². The molecular formula is C16H25NO. The van der Waals surface area contributed by atoms with Crippen molar-refractivity contribution in [1.82, 2.24) is 5.32 Å². The third-order valence-electron chi connectivity index (χ3n) is 3.87. The van der Waals surface area contributed by atoms with Gasteiger partial charge in [0, 0.05) is 19.8 Å². The van der Waals surface area contributed by atoms with Crippen molar-refractivity contribution in [2.24, 2.45) is 0 Å². The molecule has 0 saturated heterocycles. The van der Waals surface area contributed by atoms with E-state index in [4.69, 9.17) is 4.74 Å². The second kappa shape index (κ2) is 7.55.